The zero-order valence-electron chi connectivity index (χ0n) is 8.64. The normalized spacial score (nSPS) is 12.7. The van der Waals surface area contributed by atoms with Crippen LogP contribution in [0.3, 0.4) is 0 Å². The van der Waals surface area contributed by atoms with Crippen molar-refractivity contribution in [2.45, 2.75) is 19.4 Å². The standard InChI is InChI=1S/C12H14N2O/c1-9(15)8-10-4-2-3-5-11(10)12-13-6-7-14-12/h2-7,9,15H,8H2,1H3,(H,13,14). The molecule has 0 fully saturated rings. The summed E-state index contributed by atoms with van der Waals surface area (Å²) < 4.78 is 0. The minimum atomic E-state index is -0.332. The molecule has 0 amide bonds. The highest BCUT2D eigenvalue weighted by Gasteiger charge is 2.07. The average molecular weight is 202 g/mol. The van der Waals surface area contributed by atoms with Crippen molar-refractivity contribution < 1.29 is 5.11 Å². The lowest BCUT2D eigenvalue weighted by atomic mass is 10.0. The lowest BCUT2D eigenvalue weighted by molar-refractivity contribution is 0.195. The van der Waals surface area contributed by atoms with E-state index >= 15 is 0 Å². The summed E-state index contributed by atoms with van der Waals surface area (Å²) in [5, 5.41) is 9.40. The minimum absolute atomic E-state index is 0.332. The molecule has 0 spiro atoms. The SMILES string of the molecule is CC(O)Cc1ccccc1-c1ncc[nH]1. The third-order valence-electron chi connectivity index (χ3n) is 2.29. The van der Waals surface area contributed by atoms with Gasteiger partial charge in [0.2, 0.25) is 0 Å². The van der Waals surface area contributed by atoms with Crippen molar-refractivity contribution in [2.24, 2.45) is 0 Å². The van der Waals surface area contributed by atoms with Crippen LogP contribution in [0.1, 0.15) is 12.5 Å². The fourth-order valence-corrected chi connectivity index (χ4v) is 1.66. The molecule has 0 aliphatic heterocycles. The number of aliphatic hydroxyl groups is 1. The van der Waals surface area contributed by atoms with Gasteiger partial charge in [0.15, 0.2) is 0 Å². The lowest BCUT2D eigenvalue weighted by Gasteiger charge is -2.08. The Balaban J connectivity index is 2.38. The molecule has 2 N–H and O–H groups in total. The molecule has 0 saturated heterocycles. The van der Waals surface area contributed by atoms with Gasteiger partial charge < -0.3 is 10.1 Å². The highest BCUT2D eigenvalue weighted by molar-refractivity contribution is 5.60. The van der Waals surface area contributed by atoms with Crippen LogP contribution >= 0.6 is 0 Å². The average Bonchev–Trinajstić information content (AvgIpc) is 2.70. The summed E-state index contributed by atoms with van der Waals surface area (Å²) in [6.45, 7) is 1.79. The van der Waals surface area contributed by atoms with Gasteiger partial charge in [-0.05, 0) is 18.9 Å². The molecular weight excluding hydrogens is 188 g/mol. The number of aromatic nitrogens is 2. The first-order valence-corrected chi connectivity index (χ1v) is 5.03. The molecule has 78 valence electrons. The summed E-state index contributed by atoms with van der Waals surface area (Å²) in [4.78, 5) is 7.29. The van der Waals surface area contributed by atoms with Crippen LogP contribution in [0.5, 0.6) is 0 Å². The number of benzene rings is 1. The molecule has 3 heteroatoms. The van der Waals surface area contributed by atoms with Gasteiger partial charge in [-0.3, -0.25) is 0 Å². The molecule has 1 aromatic heterocycles. The third-order valence-corrected chi connectivity index (χ3v) is 2.29. The van der Waals surface area contributed by atoms with Gasteiger partial charge in [0.25, 0.3) is 0 Å². The topological polar surface area (TPSA) is 48.9 Å². The number of nitrogens with zero attached hydrogens (tertiary/aromatic N) is 1. The molecule has 1 unspecified atom stereocenters. The Kier molecular flexibility index (Phi) is 2.83. The number of hydrogen-bond donors (Lipinski definition) is 2. The number of rotatable bonds is 3. The Morgan fingerprint density at radius 1 is 1.40 bits per heavy atom. The van der Waals surface area contributed by atoms with Crippen molar-refractivity contribution in [3.05, 3.63) is 42.2 Å². The first kappa shape index (κ1) is 9.93. The number of nitrogens with one attached hydrogen (secondary N) is 1. The largest absolute Gasteiger partial charge is 0.393 e. The number of hydrogen-bond acceptors (Lipinski definition) is 2. The summed E-state index contributed by atoms with van der Waals surface area (Å²) in [5.74, 6) is 0.853. The predicted molar refractivity (Wildman–Crippen MR) is 59.4 cm³/mol. The maximum atomic E-state index is 9.40. The molecule has 2 aromatic rings. The van der Waals surface area contributed by atoms with Gasteiger partial charge in [-0.1, -0.05) is 24.3 Å². The van der Waals surface area contributed by atoms with E-state index in [0.717, 1.165) is 17.0 Å². The van der Waals surface area contributed by atoms with E-state index in [1.807, 2.05) is 24.3 Å². The van der Waals surface area contributed by atoms with E-state index in [0.29, 0.717) is 6.42 Å². The number of imidazole rings is 1. The van der Waals surface area contributed by atoms with Crippen molar-refractivity contribution in [3.63, 3.8) is 0 Å². The number of H-pyrrole nitrogens is 1. The van der Waals surface area contributed by atoms with E-state index in [2.05, 4.69) is 9.97 Å². The smallest absolute Gasteiger partial charge is 0.137 e. The van der Waals surface area contributed by atoms with E-state index < -0.39 is 0 Å². The van der Waals surface area contributed by atoms with Crippen molar-refractivity contribution in [3.8, 4) is 11.4 Å². The first-order valence-electron chi connectivity index (χ1n) is 5.03. The van der Waals surface area contributed by atoms with Crippen LogP contribution < -0.4 is 0 Å². The second-order valence-corrected chi connectivity index (χ2v) is 3.65. The van der Waals surface area contributed by atoms with E-state index in [9.17, 15) is 5.11 Å². The molecule has 0 bridgehead atoms. The number of aliphatic hydroxyl groups excluding tert-OH is 1. The third kappa shape index (κ3) is 2.25. The Bertz CT molecular complexity index is 421. The molecule has 0 saturated carbocycles. The van der Waals surface area contributed by atoms with Gasteiger partial charge >= 0.3 is 0 Å². The zero-order valence-corrected chi connectivity index (χ0v) is 8.64. The van der Waals surface area contributed by atoms with Crippen LogP contribution in [0.25, 0.3) is 11.4 Å². The van der Waals surface area contributed by atoms with Gasteiger partial charge in [0.1, 0.15) is 5.82 Å². The van der Waals surface area contributed by atoms with Crippen LogP contribution in [0, 0.1) is 0 Å². The zero-order chi connectivity index (χ0) is 10.7. The molecule has 2 rings (SSSR count). The molecular formula is C12H14N2O. The molecule has 1 heterocycles. The quantitative estimate of drug-likeness (QED) is 0.799. The van der Waals surface area contributed by atoms with Crippen molar-refractivity contribution in [1.29, 1.82) is 0 Å². The predicted octanol–water partition coefficient (Wildman–Crippen LogP) is 2.00. The molecule has 15 heavy (non-hydrogen) atoms. The Morgan fingerprint density at radius 3 is 2.87 bits per heavy atom. The molecule has 1 atom stereocenters. The van der Waals surface area contributed by atoms with Crippen LogP contribution in [0.4, 0.5) is 0 Å². The Morgan fingerprint density at radius 2 is 2.20 bits per heavy atom. The van der Waals surface area contributed by atoms with E-state index in [4.69, 9.17) is 0 Å². The Labute approximate surface area is 88.8 Å². The molecule has 0 aliphatic rings. The molecule has 0 aliphatic carbocycles. The highest BCUT2D eigenvalue weighted by Crippen LogP contribution is 2.20. The van der Waals surface area contributed by atoms with Gasteiger partial charge in [-0.15, -0.1) is 0 Å². The summed E-state index contributed by atoms with van der Waals surface area (Å²) in [6, 6.07) is 7.98. The van der Waals surface area contributed by atoms with Crippen molar-refractivity contribution >= 4 is 0 Å². The monoisotopic (exact) mass is 202 g/mol. The van der Waals surface area contributed by atoms with Crippen LogP contribution in [0.2, 0.25) is 0 Å². The number of aromatic amines is 1. The van der Waals surface area contributed by atoms with E-state index in [1.165, 1.54) is 0 Å². The second-order valence-electron chi connectivity index (χ2n) is 3.65. The molecule has 0 radical (unpaired) electrons. The lowest BCUT2D eigenvalue weighted by Crippen LogP contribution is -2.05. The van der Waals surface area contributed by atoms with Gasteiger partial charge in [-0.25, -0.2) is 4.98 Å². The summed E-state index contributed by atoms with van der Waals surface area (Å²) in [6.07, 6.45) is 3.85. The maximum absolute atomic E-state index is 9.40. The minimum Gasteiger partial charge on any atom is -0.393 e. The highest BCUT2D eigenvalue weighted by atomic mass is 16.3. The Hall–Kier alpha value is -1.61. The van der Waals surface area contributed by atoms with Gasteiger partial charge in [-0.2, -0.15) is 0 Å². The molecule has 1 aromatic carbocycles. The second kappa shape index (κ2) is 4.28. The summed E-state index contributed by atoms with van der Waals surface area (Å²) >= 11 is 0. The van der Waals surface area contributed by atoms with Gasteiger partial charge in [0, 0.05) is 18.0 Å². The van der Waals surface area contributed by atoms with Crippen LogP contribution in [0.15, 0.2) is 36.7 Å². The van der Waals surface area contributed by atoms with E-state index in [1.54, 1.807) is 19.3 Å². The fraction of sp³-hybridized carbons (Fsp3) is 0.250. The van der Waals surface area contributed by atoms with Crippen LogP contribution in [-0.2, 0) is 6.42 Å². The summed E-state index contributed by atoms with van der Waals surface area (Å²) in [5.41, 5.74) is 2.17. The summed E-state index contributed by atoms with van der Waals surface area (Å²) in [7, 11) is 0. The van der Waals surface area contributed by atoms with Crippen molar-refractivity contribution in [2.75, 3.05) is 0 Å². The fourth-order valence-electron chi connectivity index (χ4n) is 1.66. The van der Waals surface area contributed by atoms with E-state index in [-0.39, 0.29) is 6.10 Å². The van der Waals surface area contributed by atoms with Gasteiger partial charge in [0.05, 0.1) is 6.10 Å². The van der Waals surface area contributed by atoms with Crippen molar-refractivity contribution in [1.82, 2.24) is 9.97 Å². The maximum Gasteiger partial charge on any atom is 0.137 e. The van der Waals surface area contributed by atoms with Crippen LogP contribution in [-0.4, -0.2) is 21.2 Å². The molecule has 3 nitrogen and oxygen atoms in total. The first-order chi connectivity index (χ1) is 7.27.